The first kappa shape index (κ1) is 22.4. The topological polar surface area (TPSA) is 61.4 Å². The fourth-order valence-electron chi connectivity index (χ4n) is 3.66. The van der Waals surface area contributed by atoms with Gasteiger partial charge in [0.15, 0.2) is 5.82 Å². The van der Waals surface area contributed by atoms with Crippen molar-refractivity contribution in [2.45, 2.75) is 18.9 Å². The minimum Gasteiger partial charge on any atom is -0.367 e. The SMILES string of the molecule is Cc1cccc(NC(=O)CSc2ccc(N3CCN(c4ccccc4Cl)CC3)nn2)c1C. The summed E-state index contributed by atoms with van der Waals surface area (Å²) in [7, 11) is 0. The van der Waals surface area contributed by atoms with Crippen molar-refractivity contribution in [1.29, 1.82) is 0 Å². The van der Waals surface area contributed by atoms with Crippen molar-refractivity contribution in [1.82, 2.24) is 10.2 Å². The van der Waals surface area contributed by atoms with Crippen LogP contribution in [0.2, 0.25) is 5.02 Å². The van der Waals surface area contributed by atoms with Crippen LogP contribution < -0.4 is 15.1 Å². The van der Waals surface area contributed by atoms with Crippen molar-refractivity contribution in [3.8, 4) is 0 Å². The lowest BCUT2D eigenvalue weighted by Crippen LogP contribution is -2.47. The van der Waals surface area contributed by atoms with Gasteiger partial charge in [-0.1, -0.05) is 47.6 Å². The number of aryl methyl sites for hydroxylation is 1. The molecule has 3 aromatic rings. The molecule has 1 fully saturated rings. The number of piperazine rings is 1. The molecule has 2 heterocycles. The van der Waals surface area contributed by atoms with E-state index in [-0.39, 0.29) is 11.7 Å². The van der Waals surface area contributed by atoms with Gasteiger partial charge in [-0.15, -0.1) is 10.2 Å². The second-order valence-electron chi connectivity index (χ2n) is 7.74. The number of amides is 1. The number of rotatable bonds is 6. The summed E-state index contributed by atoms with van der Waals surface area (Å²) in [4.78, 5) is 16.9. The molecule has 1 saturated heterocycles. The third-order valence-electron chi connectivity index (χ3n) is 5.65. The molecule has 166 valence electrons. The normalized spacial score (nSPS) is 13.8. The monoisotopic (exact) mass is 467 g/mol. The Bertz CT molecular complexity index is 1080. The van der Waals surface area contributed by atoms with Crippen molar-refractivity contribution in [3.05, 3.63) is 70.7 Å². The van der Waals surface area contributed by atoms with E-state index in [1.165, 1.54) is 11.8 Å². The number of aromatic nitrogens is 2. The van der Waals surface area contributed by atoms with Crippen molar-refractivity contribution in [2.24, 2.45) is 0 Å². The maximum absolute atomic E-state index is 12.3. The Balaban J connectivity index is 1.28. The van der Waals surface area contributed by atoms with Gasteiger partial charge < -0.3 is 15.1 Å². The van der Waals surface area contributed by atoms with Crippen LogP contribution in [0, 0.1) is 13.8 Å². The van der Waals surface area contributed by atoms with Crippen LogP contribution in [0.4, 0.5) is 17.2 Å². The summed E-state index contributed by atoms with van der Waals surface area (Å²) in [6, 6.07) is 17.7. The molecular weight excluding hydrogens is 442 g/mol. The molecule has 1 N–H and O–H groups in total. The van der Waals surface area contributed by atoms with Gasteiger partial charge in [0.2, 0.25) is 5.91 Å². The first-order valence-corrected chi connectivity index (χ1v) is 11.9. The summed E-state index contributed by atoms with van der Waals surface area (Å²) in [5, 5.41) is 13.2. The molecule has 32 heavy (non-hydrogen) atoms. The number of hydrogen-bond acceptors (Lipinski definition) is 6. The van der Waals surface area contributed by atoms with E-state index in [0.717, 1.165) is 64.5 Å². The van der Waals surface area contributed by atoms with Crippen LogP contribution in [0.15, 0.2) is 59.6 Å². The number of para-hydroxylation sites is 1. The quantitative estimate of drug-likeness (QED) is 0.525. The molecule has 1 aromatic heterocycles. The molecule has 1 aliphatic rings. The van der Waals surface area contributed by atoms with E-state index in [0.29, 0.717) is 0 Å². The van der Waals surface area contributed by atoms with Crippen LogP contribution in [0.1, 0.15) is 11.1 Å². The van der Waals surface area contributed by atoms with Gasteiger partial charge in [0.1, 0.15) is 5.03 Å². The summed E-state index contributed by atoms with van der Waals surface area (Å²) in [5.74, 6) is 1.09. The fourth-order valence-corrected chi connectivity index (χ4v) is 4.52. The van der Waals surface area contributed by atoms with Crippen molar-refractivity contribution >= 4 is 46.5 Å². The van der Waals surface area contributed by atoms with Crippen LogP contribution >= 0.6 is 23.4 Å². The van der Waals surface area contributed by atoms with E-state index in [1.807, 2.05) is 62.4 Å². The molecule has 2 aromatic carbocycles. The van der Waals surface area contributed by atoms with Gasteiger partial charge in [-0.3, -0.25) is 4.79 Å². The summed E-state index contributed by atoms with van der Waals surface area (Å²) in [6.07, 6.45) is 0. The molecular formula is C24H26ClN5OS. The number of carbonyl (C=O) groups is 1. The van der Waals surface area contributed by atoms with E-state index < -0.39 is 0 Å². The minimum absolute atomic E-state index is 0.0507. The molecule has 1 amide bonds. The molecule has 4 rings (SSSR count). The molecule has 0 atom stereocenters. The number of nitrogens with zero attached hydrogens (tertiary/aromatic N) is 4. The Morgan fingerprint density at radius 2 is 1.72 bits per heavy atom. The smallest absolute Gasteiger partial charge is 0.234 e. The van der Waals surface area contributed by atoms with Crippen LogP contribution in [0.25, 0.3) is 0 Å². The van der Waals surface area contributed by atoms with E-state index >= 15 is 0 Å². The van der Waals surface area contributed by atoms with Crippen molar-refractivity contribution in [3.63, 3.8) is 0 Å². The largest absolute Gasteiger partial charge is 0.367 e. The number of hydrogen-bond donors (Lipinski definition) is 1. The van der Waals surface area contributed by atoms with Gasteiger partial charge in [-0.2, -0.15) is 0 Å². The average Bonchev–Trinajstić information content (AvgIpc) is 2.82. The van der Waals surface area contributed by atoms with Gasteiger partial charge in [-0.05, 0) is 55.3 Å². The Hall–Kier alpha value is -2.77. The molecule has 8 heteroatoms. The van der Waals surface area contributed by atoms with E-state index in [1.54, 1.807) is 0 Å². The first-order chi connectivity index (χ1) is 15.5. The Labute approximate surface area is 198 Å². The molecule has 0 radical (unpaired) electrons. The van der Waals surface area contributed by atoms with Gasteiger partial charge in [-0.25, -0.2) is 0 Å². The summed E-state index contributed by atoms with van der Waals surface area (Å²) < 4.78 is 0. The third kappa shape index (κ3) is 5.34. The molecule has 0 saturated carbocycles. The van der Waals surface area contributed by atoms with E-state index in [9.17, 15) is 4.79 Å². The highest BCUT2D eigenvalue weighted by atomic mass is 35.5. The van der Waals surface area contributed by atoms with Crippen LogP contribution in [-0.2, 0) is 4.79 Å². The first-order valence-electron chi connectivity index (χ1n) is 10.6. The van der Waals surface area contributed by atoms with Gasteiger partial charge in [0, 0.05) is 31.9 Å². The number of anilines is 3. The summed E-state index contributed by atoms with van der Waals surface area (Å²) >= 11 is 7.72. The van der Waals surface area contributed by atoms with Gasteiger partial charge >= 0.3 is 0 Å². The molecule has 6 nitrogen and oxygen atoms in total. The van der Waals surface area contributed by atoms with E-state index in [4.69, 9.17) is 11.6 Å². The van der Waals surface area contributed by atoms with Crippen molar-refractivity contribution < 1.29 is 4.79 Å². The zero-order chi connectivity index (χ0) is 22.5. The Morgan fingerprint density at radius 1 is 0.969 bits per heavy atom. The predicted octanol–water partition coefficient (Wildman–Crippen LogP) is 4.80. The minimum atomic E-state index is -0.0507. The van der Waals surface area contributed by atoms with Gasteiger partial charge in [0.25, 0.3) is 0 Å². The van der Waals surface area contributed by atoms with Crippen LogP contribution in [0.3, 0.4) is 0 Å². The van der Waals surface area contributed by atoms with E-state index in [2.05, 4.69) is 31.4 Å². The predicted molar refractivity (Wildman–Crippen MR) is 133 cm³/mol. The van der Waals surface area contributed by atoms with Gasteiger partial charge in [0.05, 0.1) is 16.5 Å². The highest BCUT2D eigenvalue weighted by molar-refractivity contribution is 7.99. The zero-order valence-corrected chi connectivity index (χ0v) is 19.8. The lowest BCUT2D eigenvalue weighted by Gasteiger charge is -2.36. The van der Waals surface area contributed by atoms with Crippen molar-refractivity contribution in [2.75, 3.05) is 47.0 Å². The highest BCUT2D eigenvalue weighted by Crippen LogP contribution is 2.27. The van der Waals surface area contributed by atoms with Crippen LogP contribution in [-0.4, -0.2) is 48.0 Å². The lowest BCUT2D eigenvalue weighted by atomic mass is 10.1. The molecule has 0 spiro atoms. The second-order valence-corrected chi connectivity index (χ2v) is 9.14. The van der Waals surface area contributed by atoms with Crippen LogP contribution in [0.5, 0.6) is 0 Å². The standard InChI is InChI=1S/C24H26ClN5OS/c1-17-6-5-8-20(18(17)2)26-23(31)16-32-24-11-10-22(27-28-24)30-14-12-29(13-15-30)21-9-4-3-7-19(21)25/h3-11H,12-16H2,1-2H3,(H,26,31). The molecule has 0 aliphatic carbocycles. The average molecular weight is 468 g/mol. The maximum atomic E-state index is 12.3. The number of carbonyl (C=O) groups excluding carboxylic acids is 1. The number of thioether (sulfide) groups is 1. The maximum Gasteiger partial charge on any atom is 0.234 e. The molecule has 0 bridgehead atoms. The second kappa shape index (κ2) is 10.2. The zero-order valence-electron chi connectivity index (χ0n) is 18.2. The number of halogens is 1. The lowest BCUT2D eigenvalue weighted by molar-refractivity contribution is -0.113. The molecule has 1 aliphatic heterocycles. The Kier molecular flexibility index (Phi) is 7.17. The third-order valence-corrected chi connectivity index (χ3v) is 6.89. The summed E-state index contributed by atoms with van der Waals surface area (Å²) in [6.45, 7) is 7.50. The number of benzene rings is 2. The fraction of sp³-hybridized carbons (Fsp3) is 0.292. The number of nitrogens with one attached hydrogen (secondary N) is 1. The highest BCUT2D eigenvalue weighted by Gasteiger charge is 2.20. The Morgan fingerprint density at radius 3 is 2.44 bits per heavy atom. The summed E-state index contributed by atoms with van der Waals surface area (Å²) in [5.41, 5.74) is 4.17. The molecule has 0 unspecified atom stereocenters.